The molecular formula is C26H26F3N11O. The Morgan fingerprint density at radius 1 is 1.20 bits per heavy atom. The van der Waals surface area contributed by atoms with Crippen LogP contribution in [0, 0.1) is 11.3 Å². The van der Waals surface area contributed by atoms with Gasteiger partial charge in [0.15, 0.2) is 0 Å². The third kappa shape index (κ3) is 4.89. The summed E-state index contributed by atoms with van der Waals surface area (Å²) >= 11 is 0. The maximum Gasteiger partial charge on any atom is 0.451 e. The lowest BCUT2D eigenvalue weighted by molar-refractivity contribution is -0.145. The van der Waals surface area contributed by atoms with Crippen LogP contribution in [0.2, 0.25) is 0 Å². The van der Waals surface area contributed by atoms with Gasteiger partial charge >= 0.3 is 6.18 Å². The molecule has 41 heavy (non-hydrogen) atoms. The SMILES string of the molecule is N#CCC1(n2cc(-c3ncnc4[nH]ccc34)cn2)CC(N2CCN(C(=O)c3cc(CN)nc(C(F)(F)F)n3)CC2)C1. The third-order valence-electron chi connectivity index (χ3n) is 7.91. The van der Waals surface area contributed by atoms with E-state index in [1.807, 2.05) is 16.9 Å². The highest BCUT2D eigenvalue weighted by molar-refractivity contribution is 5.92. The number of amides is 1. The number of rotatable bonds is 6. The molecule has 4 aromatic rings. The summed E-state index contributed by atoms with van der Waals surface area (Å²) in [4.78, 5) is 35.4. The predicted molar refractivity (Wildman–Crippen MR) is 139 cm³/mol. The van der Waals surface area contributed by atoms with Crippen LogP contribution in [-0.2, 0) is 18.3 Å². The molecule has 0 unspecified atom stereocenters. The number of nitrogens with one attached hydrogen (secondary N) is 1. The van der Waals surface area contributed by atoms with Gasteiger partial charge in [0, 0.05) is 62.1 Å². The topological polar surface area (TPSA) is 159 Å². The van der Waals surface area contributed by atoms with Crippen LogP contribution in [0.5, 0.6) is 0 Å². The predicted octanol–water partition coefficient (Wildman–Crippen LogP) is 2.32. The van der Waals surface area contributed by atoms with Gasteiger partial charge < -0.3 is 15.6 Å². The number of piperazine rings is 1. The fraction of sp³-hybridized carbons (Fsp3) is 0.423. The van der Waals surface area contributed by atoms with Gasteiger partial charge in [-0.15, -0.1) is 0 Å². The van der Waals surface area contributed by atoms with Gasteiger partial charge in [0.2, 0.25) is 5.82 Å². The van der Waals surface area contributed by atoms with Crippen molar-refractivity contribution in [2.75, 3.05) is 26.2 Å². The highest BCUT2D eigenvalue weighted by atomic mass is 19.4. The number of fused-ring (bicyclic) bond motifs is 1. The largest absolute Gasteiger partial charge is 0.451 e. The van der Waals surface area contributed by atoms with Crippen molar-refractivity contribution < 1.29 is 18.0 Å². The van der Waals surface area contributed by atoms with Crippen LogP contribution in [0.4, 0.5) is 13.2 Å². The number of carbonyl (C=O) groups excluding carboxylic acids is 1. The van der Waals surface area contributed by atoms with Crippen molar-refractivity contribution in [2.24, 2.45) is 5.73 Å². The molecule has 1 amide bonds. The molecular weight excluding hydrogens is 539 g/mol. The number of aromatic amines is 1. The van der Waals surface area contributed by atoms with E-state index < -0.39 is 23.4 Å². The van der Waals surface area contributed by atoms with Crippen LogP contribution in [0.25, 0.3) is 22.3 Å². The van der Waals surface area contributed by atoms with E-state index in [-0.39, 0.29) is 24.0 Å². The zero-order valence-corrected chi connectivity index (χ0v) is 21.8. The second-order valence-electron chi connectivity index (χ2n) is 10.4. The summed E-state index contributed by atoms with van der Waals surface area (Å²) in [6, 6.07) is 5.62. The molecule has 0 atom stereocenters. The number of nitrogens with zero attached hydrogens (tertiary/aromatic N) is 9. The van der Waals surface area contributed by atoms with E-state index in [1.54, 1.807) is 12.4 Å². The van der Waals surface area contributed by atoms with Crippen molar-refractivity contribution in [3.8, 4) is 17.3 Å². The average Bonchev–Trinajstić information content (AvgIpc) is 3.64. The second kappa shape index (κ2) is 10.2. The van der Waals surface area contributed by atoms with Crippen molar-refractivity contribution >= 4 is 16.9 Å². The quantitative estimate of drug-likeness (QED) is 0.358. The minimum Gasteiger partial charge on any atom is -0.346 e. The Morgan fingerprint density at radius 2 is 1.98 bits per heavy atom. The van der Waals surface area contributed by atoms with Gasteiger partial charge in [-0.1, -0.05) is 0 Å². The summed E-state index contributed by atoms with van der Waals surface area (Å²) in [6.07, 6.45) is 3.91. The molecule has 5 heterocycles. The Balaban J connectivity index is 1.12. The maximum atomic E-state index is 13.2. The Kier molecular flexibility index (Phi) is 6.66. The maximum absolute atomic E-state index is 13.2. The van der Waals surface area contributed by atoms with E-state index in [2.05, 4.69) is 41.0 Å². The molecule has 1 saturated carbocycles. The van der Waals surface area contributed by atoms with Crippen molar-refractivity contribution in [1.29, 1.82) is 5.26 Å². The second-order valence-corrected chi connectivity index (χ2v) is 10.4. The molecule has 1 saturated heterocycles. The Bertz CT molecular complexity index is 1630. The number of hydrogen-bond donors (Lipinski definition) is 2. The molecule has 212 valence electrons. The van der Waals surface area contributed by atoms with Crippen LogP contribution in [0.15, 0.2) is 37.1 Å². The minimum absolute atomic E-state index is 0.0448. The van der Waals surface area contributed by atoms with Gasteiger partial charge in [0.25, 0.3) is 5.91 Å². The lowest BCUT2D eigenvalue weighted by atomic mass is 9.70. The van der Waals surface area contributed by atoms with Crippen molar-refractivity contribution in [1.82, 2.24) is 44.5 Å². The summed E-state index contributed by atoms with van der Waals surface area (Å²) in [5.41, 5.74) is 7.01. The fourth-order valence-electron chi connectivity index (χ4n) is 5.73. The van der Waals surface area contributed by atoms with E-state index in [0.717, 1.165) is 22.3 Å². The molecule has 2 aliphatic rings. The van der Waals surface area contributed by atoms with Crippen LogP contribution < -0.4 is 5.73 Å². The van der Waals surface area contributed by atoms with Gasteiger partial charge in [-0.3, -0.25) is 14.4 Å². The summed E-state index contributed by atoms with van der Waals surface area (Å²) in [7, 11) is 0. The highest BCUT2D eigenvalue weighted by Gasteiger charge is 2.49. The van der Waals surface area contributed by atoms with Crippen LogP contribution in [0.1, 0.15) is 41.3 Å². The standard InChI is InChI=1S/C26H26F3N11O/c27-26(28,29)24-36-17(12-31)9-20(37-24)23(41)39-7-5-38(6-8-39)18-10-25(11-18,2-3-30)40-14-16(13-35-40)21-19-1-4-32-22(19)34-15-33-21/h1,4,9,13-15,18H,2,5-8,10-12,31H2,(H,32,33,34). The van der Waals surface area contributed by atoms with E-state index in [9.17, 15) is 23.2 Å². The number of halogens is 3. The minimum atomic E-state index is -4.78. The molecule has 0 bridgehead atoms. The molecule has 2 fully saturated rings. The molecule has 6 rings (SSSR count). The first kappa shape index (κ1) is 26.8. The van der Waals surface area contributed by atoms with Gasteiger partial charge in [0.1, 0.15) is 17.7 Å². The summed E-state index contributed by atoms with van der Waals surface area (Å²) in [5.74, 6) is -1.95. The number of carbonyl (C=O) groups is 1. The average molecular weight is 566 g/mol. The Labute approximate surface area is 232 Å². The normalized spacial score (nSPS) is 21.5. The van der Waals surface area contributed by atoms with Crippen molar-refractivity contribution in [3.63, 3.8) is 0 Å². The number of nitriles is 1. The van der Waals surface area contributed by atoms with E-state index in [1.165, 1.54) is 17.3 Å². The first-order chi connectivity index (χ1) is 19.7. The van der Waals surface area contributed by atoms with E-state index >= 15 is 0 Å². The summed E-state index contributed by atoms with van der Waals surface area (Å²) in [6.45, 7) is 1.55. The molecule has 1 aliphatic heterocycles. The van der Waals surface area contributed by atoms with Crippen molar-refractivity contribution in [3.05, 3.63) is 54.3 Å². The lowest BCUT2D eigenvalue weighted by Gasteiger charge is -2.52. The van der Waals surface area contributed by atoms with Crippen LogP contribution in [-0.4, -0.2) is 82.6 Å². The number of H-pyrrole nitrogens is 1. The number of aromatic nitrogens is 7. The molecule has 15 heteroatoms. The zero-order valence-electron chi connectivity index (χ0n) is 21.8. The van der Waals surface area contributed by atoms with Crippen LogP contribution in [0.3, 0.4) is 0 Å². The molecule has 4 aromatic heterocycles. The molecule has 0 aromatic carbocycles. The van der Waals surface area contributed by atoms with Crippen molar-refractivity contribution in [2.45, 2.75) is 43.6 Å². The molecule has 12 nitrogen and oxygen atoms in total. The smallest absolute Gasteiger partial charge is 0.346 e. The fourth-order valence-corrected chi connectivity index (χ4v) is 5.73. The Hall–Kier alpha value is -4.42. The molecule has 3 N–H and O–H groups in total. The number of hydrogen-bond acceptors (Lipinski definition) is 9. The monoisotopic (exact) mass is 565 g/mol. The molecule has 0 radical (unpaired) electrons. The van der Waals surface area contributed by atoms with Gasteiger partial charge in [-0.05, 0) is 25.0 Å². The van der Waals surface area contributed by atoms with Gasteiger partial charge in [0.05, 0.1) is 35.6 Å². The van der Waals surface area contributed by atoms with Gasteiger partial charge in [-0.2, -0.15) is 23.5 Å². The van der Waals surface area contributed by atoms with E-state index in [0.29, 0.717) is 45.4 Å². The summed E-state index contributed by atoms with van der Waals surface area (Å²) < 4.78 is 41.5. The molecule has 1 aliphatic carbocycles. The van der Waals surface area contributed by atoms with E-state index in [4.69, 9.17) is 5.73 Å². The zero-order chi connectivity index (χ0) is 28.8. The Morgan fingerprint density at radius 3 is 2.68 bits per heavy atom. The van der Waals surface area contributed by atoms with Gasteiger partial charge in [-0.25, -0.2) is 19.9 Å². The molecule has 0 spiro atoms. The first-order valence-electron chi connectivity index (χ1n) is 13.1. The van der Waals surface area contributed by atoms with Crippen LogP contribution >= 0.6 is 0 Å². The third-order valence-corrected chi connectivity index (χ3v) is 7.91. The number of nitrogens with two attached hydrogens (primary N) is 1. The first-order valence-corrected chi connectivity index (χ1v) is 13.1. The highest BCUT2D eigenvalue weighted by Crippen LogP contribution is 2.45. The summed E-state index contributed by atoms with van der Waals surface area (Å²) in [5, 5.41) is 15.1. The number of alkyl halides is 3. The lowest BCUT2D eigenvalue weighted by Crippen LogP contribution is -2.60.